The van der Waals surface area contributed by atoms with Crippen molar-refractivity contribution in [2.45, 2.75) is 39.2 Å². The smallest absolute Gasteiger partial charge is 0.317 e. The molecular formula is C16H25N3O2. The first-order valence-electron chi connectivity index (χ1n) is 7.61. The highest BCUT2D eigenvalue weighted by atomic mass is 16.5. The second kappa shape index (κ2) is 6.89. The number of aromatic nitrogens is 1. The van der Waals surface area contributed by atoms with Crippen molar-refractivity contribution in [1.82, 2.24) is 15.2 Å². The minimum Gasteiger partial charge on any atom is -0.372 e. The van der Waals surface area contributed by atoms with Crippen LogP contribution in [0.4, 0.5) is 4.79 Å². The number of nitrogens with zero attached hydrogens (tertiary/aromatic N) is 2. The van der Waals surface area contributed by atoms with Gasteiger partial charge in [-0.1, -0.05) is 13.0 Å². The Kier molecular flexibility index (Phi) is 5.17. The van der Waals surface area contributed by atoms with Gasteiger partial charge in [-0.25, -0.2) is 4.79 Å². The zero-order valence-electron chi connectivity index (χ0n) is 13.2. The first-order valence-corrected chi connectivity index (χ1v) is 7.61. The van der Waals surface area contributed by atoms with Gasteiger partial charge < -0.3 is 15.0 Å². The van der Waals surface area contributed by atoms with Gasteiger partial charge in [0.2, 0.25) is 0 Å². The van der Waals surface area contributed by atoms with E-state index in [1.54, 1.807) is 0 Å². The van der Waals surface area contributed by atoms with E-state index < -0.39 is 0 Å². The van der Waals surface area contributed by atoms with Crippen LogP contribution in [0.3, 0.4) is 0 Å². The number of urea groups is 1. The Hall–Kier alpha value is -1.62. The van der Waals surface area contributed by atoms with Gasteiger partial charge in [-0.15, -0.1) is 0 Å². The monoisotopic (exact) mass is 291 g/mol. The summed E-state index contributed by atoms with van der Waals surface area (Å²) in [6.07, 6.45) is 3.57. The number of amides is 2. The maximum atomic E-state index is 12.2. The standard InChI is InChI=1S/C16H25N3O2/c1-4-16(3)12-19(9-10-21-16)15(20)17-8-7-14-6-5-13(2)18-11-14/h5-6,11H,4,7-10,12H2,1-3H3,(H,17,20). The van der Waals surface area contributed by atoms with Crippen LogP contribution in [0.1, 0.15) is 31.5 Å². The van der Waals surface area contributed by atoms with Crippen LogP contribution in [-0.4, -0.2) is 47.8 Å². The molecule has 0 radical (unpaired) electrons. The summed E-state index contributed by atoms with van der Waals surface area (Å²) in [5, 5.41) is 2.98. The molecule has 5 nitrogen and oxygen atoms in total. The van der Waals surface area contributed by atoms with Crippen LogP contribution < -0.4 is 5.32 Å². The van der Waals surface area contributed by atoms with E-state index in [0.29, 0.717) is 26.2 Å². The Morgan fingerprint density at radius 3 is 3.00 bits per heavy atom. The minimum absolute atomic E-state index is 0.00181. The van der Waals surface area contributed by atoms with Crippen molar-refractivity contribution in [1.29, 1.82) is 0 Å². The number of pyridine rings is 1. The van der Waals surface area contributed by atoms with Gasteiger partial charge in [-0.05, 0) is 38.3 Å². The molecule has 1 fully saturated rings. The van der Waals surface area contributed by atoms with Gasteiger partial charge in [0.15, 0.2) is 0 Å². The quantitative estimate of drug-likeness (QED) is 0.924. The number of rotatable bonds is 4. The van der Waals surface area contributed by atoms with Crippen molar-refractivity contribution in [3.63, 3.8) is 0 Å². The molecule has 0 bridgehead atoms. The van der Waals surface area contributed by atoms with Crippen molar-refractivity contribution in [3.8, 4) is 0 Å². The molecule has 1 aromatic heterocycles. The number of nitrogens with one attached hydrogen (secondary N) is 1. The maximum Gasteiger partial charge on any atom is 0.317 e. The third-order valence-corrected chi connectivity index (χ3v) is 4.03. The van der Waals surface area contributed by atoms with Crippen LogP contribution in [0.2, 0.25) is 0 Å². The number of morpholine rings is 1. The van der Waals surface area contributed by atoms with Gasteiger partial charge in [-0.2, -0.15) is 0 Å². The number of carbonyl (C=O) groups excluding carboxylic acids is 1. The van der Waals surface area contributed by atoms with Crippen LogP contribution in [0.25, 0.3) is 0 Å². The third kappa shape index (κ3) is 4.43. The molecule has 0 aliphatic carbocycles. The summed E-state index contributed by atoms with van der Waals surface area (Å²) in [7, 11) is 0. The molecule has 0 spiro atoms. The molecule has 0 aromatic carbocycles. The summed E-state index contributed by atoms with van der Waals surface area (Å²) in [6.45, 7) is 8.67. The molecule has 1 aliphatic heterocycles. The first-order chi connectivity index (χ1) is 10.0. The van der Waals surface area contributed by atoms with Gasteiger partial charge in [0.05, 0.1) is 18.8 Å². The zero-order chi connectivity index (χ0) is 15.3. The van der Waals surface area contributed by atoms with Gasteiger partial charge >= 0.3 is 6.03 Å². The Bertz CT molecular complexity index is 475. The highest BCUT2D eigenvalue weighted by molar-refractivity contribution is 5.74. The SMILES string of the molecule is CCC1(C)CN(C(=O)NCCc2ccc(C)nc2)CCO1. The van der Waals surface area contributed by atoms with Crippen LogP contribution in [0.15, 0.2) is 18.3 Å². The van der Waals surface area contributed by atoms with Crippen LogP contribution in [-0.2, 0) is 11.2 Å². The Balaban J connectivity index is 1.78. The summed E-state index contributed by atoms with van der Waals surface area (Å²) in [4.78, 5) is 18.3. The van der Waals surface area contributed by atoms with Gasteiger partial charge in [0.25, 0.3) is 0 Å². The van der Waals surface area contributed by atoms with Crippen molar-refractivity contribution in [3.05, 3.63) is 29.6 Å². The molecule has 1 N–H and O–H groups in total. The predicted molar refractivity (Wildman–Crippen MR) is 82.3 cm³/mol. The second-order valence-electron chi connectivity index (χ2n) is 5.86. The fraction of sp³-hybridized carbons (Fsp3) is 0.625. The van der Waals surface area contributed by atoms with E-state index in [0.717, 1.165) is 24.1 Å². The topological polar surface area (TPSA) is 54.5 Å². The molecule has 2 rings (SSSR count). The van der Waals surface area contributed by atoms with Crippen molar-refractivity contribution < 1.29 is 9.53 Å². The molecule has 5 heteroatoms. The lowest BCUT2D eigenvalue weighted by atomic mass is 10.0. The molecule has 1 unspecified atom stereocenters. The summed E-state index contributed by atoms with van der Waals surface area (Å²) >= 11 is 0. The van der Waals surface area contributed by atoms with E-state index >= 15 is 0 Å². The average molecular weight is 291 g/mol. The number of aryl methyl sites for hydroxylation is 1. The van der Waals surface area contributed by atoms with E-state index in [9.17, 15) is 4.79 Å². The number of hydrogen-bond acceptors (Lipinski definition) is 3. The zero-order valence-corrected chi connectivity index (χ0v) is 13.2. The number of ether oxygens (including phenoxy) is 1. The van der Waals surface area contributed by atoms with E-state index in [-0.39, 0.29) is 11.6 Å². The lowest BCUT2D eigenvalue weighted by Crippen LogP contribution is -2.54. The Labute approximate surface area is 126 Å². The molecule has 1 aromatic rings. The van der Waals surface area contributed by atoms with Gasteiger partial charge in [0, 0.05) is 25.0 Å². The molecular weight excluding hydrogens is 266 g/mol. The summed E-state index contributed by atoms with van der Waals surface area (Å²) in [5.74, 6) is 0. The predicted octanol–water partition coefficient (Wildman–Crippen LogP) is 2.14. The third-order valence-electron chi connectivity index (χ3n) is 4.03. The lowest BCUT2D eigenvalue weighted by molar-refractivity contribution is -0.0872. The van der Waals surface area contributed by atoms with E-state index in [2.05, 4.69) is 30.2 Å². The van der Waals surface area contributed by atoms with E-state index in [4.69, 9.17) is 4.74 Å². The Morgan fingerprint density at radius 2 is 2.33 bits per heavy atom. The van der Waals surface area contributed by atoms with E-state index in [1.165, 1.54) is 0 Å². The molecule has 1 aliphatic rings. The summed E-state index contributed by atoms with van der Waals surface area (Å²) in [6, 6.07) is 4.04. The van der Waals surface area contributed by atoms with Crippen molar-refractivity contribution in [2.75, 3.05) is 26.2 Å². The average Bonchev–Trinajstić information content (AvgIpc) is 2.49. The Morgan fingerprint density at radius 1 is 1.52 bits per heavy atom. The molecule has 2 amide bonds. The summed E-state index contributed by atoms with van der Waals surface area (Å²) in [5.41, 5.74) is 1.94. The molecule has 2 heterocycles. The van der Waals surface area contributed by atoms with Crippen molar-refractivity contribution in [2.24, 2.45) is 0 Å². The van der Waals surface area contributed by atoms with E-state index in [1.807, 2.05) is 24.1 Å². The van der Waals surface area contributed by atoms with Crippen molar-refractivity contribution >= 4 is 6.03 Å². The first kappa shape index (κ1) is 15.8. The normalized spacial score (nSPS) is 22.1. The highest BCUT2D eigenvalue weighted by Crippen LogP contribution is 2.20. The molecule has 1 atom stereocenters. The lowest BCUT2D eigenvalue weighted by Gasteiger charge is -2.39. The van der Waals surface area contributed by atoms with Crippen LogP contribution in [0.5, 0.6) is 0 Å². The van der Waals surface area contributed by atoms with Gasteiger partial charge in [-0.3, -0.25) is 4.98 Å². The van der Waals surface area contributed by atoms with Crippen LogP contribution >= 0.6 is 0 Å². The number of hydrogen-bond donors (Lipinski definition) is 1. The highest BCUT2D eigenvalue weighted by Gasteiger charge is 2.32. The molecule has 0 saturated carbocycles. The molecule has 116 valence electrons. The van der Waals surface area contributed by atoms with Gasteiger partial charge in [0.1, 0.15) is 0 Å². The minimum atomic E-state index is -0.212. The fourth-order valence-corrected chi connectivity index (χ4v) is 2.39. The molecule has 1 saturated heterocycles. The number of carbonyl (C=O) groups is 1. The summed E-state index contributed by atoms with van der Waals surface area (Å²) < 4.78 is 5.75. The second-order valence-corrected chi connectivity index (χ2v) is 5.86. The van der Waals surface area contributed by atoms with Crippen LogP contribution in [0, 0.1) is 6.92 Å². The molecule has 21 heavy (non-hydrogen) atoms. The maximum absolute atomic E-state index is 12.2. The largest absolute Gasteiger partial charge is 0.372 e. The fourth-order valence-electron chi connectivity index (χ4n) is 2.39.